The lowest BCUT2D eigenvalue weighted by Gasteiger charge is -2.22. The summed E-state index contributed by atoms with van der Waals surface area (Å²) in [6.45, 7) is 5.18. The van der Waals surface area contributed by atoms with Crippen LogP contribution in [0.2, 0.25) is 0 Å². The van der Waals surface area contributed by atoms with Crippen LogP contribution in [0.25, 0.3) is 11.3 Å². The first kappa shape index (κ1) is 16.1. The maximum absolute atomic E-state index is 10.2. The molecule has 1 aromatic carbocycles. The Bertz CT molecular complexity index is 580. The molecule has 0 aliphatic heterocycles. The Hall–Kier alpha value is -1.30. The van der Waals surface area contributed by atoms with Crippen LogP contribution >= 0.6 is 11.8 Å². The Morgan fingerprint density at radius 2 is 2.24 bits per heavy atom. The van der Waals surface area contributed by atoms with E-state index in [1.807, 2.05) is 25.4 Å². The van der Waals surface area contributed by atoms with Crippen molar-refractivity contribution in [3.05, 3.63) is 41.6 Å². The number of hydrogen-bond acceptors (Lipinski definition) is 4. The van der Waals surface area contributed by atoms with Gasteiger partial charge in [-0.15, -0.1) is 0 Å². The maximum Gasteiger partial charge on any atom is 0.0833 e. The van der Waals surface area contributed by atoms with E-state index >= 15 is 0 Å². The van der Waals surface area contributed by atoms with Gasteiger partial charge in [0.15, 0.2) is 0 Å². The van der Waals surface area contributed by atoms with E-state index in [0.717, 1.165) is 22.6 Å². The third-order valence-corrected chi connectivity index (χ3v) is 4.21. The van der Waals surface area contributed by atoms with Gasteiger partial charge < -0.3 is 10.4 Å². The summed E-state index contributed by atoms with van der Waals surface area (Å²) in [6, 6.07) is 8.35. The van der Waals surface area contributed by atoms with Gasteiger partial charge in [0, 0.05) is 30.0 Å². The molecule has 1 atom stereocenters. The number of aryl methyl sites for hydroxylation is 1. The van der Waals surface area contributed by atoms with Gasteiger partial charge in [-0.2, -0.15) is 16.9 Å². The van der Waals surface area contributed by atoms with Crippen molar-refractivity contribution in [3.63, 3.8) is 0 Å². The molecule has 0 aliphatic rings. The minimum Gasteiger partial charge on any atom is -0.388 e. The number of aromatic amines is 1. The Labute approximate surface area is 130 Å². The van der Waals surface area contributed by atoms with Crippen molar-refractivity contribution in [3.8, 4) is 11.3 Å². The third kappa shape index (κ3) is 4.59. The summed E-state index contributed by atoms with van der Waals surface area (Å²) < 4.78 is 0. The number of benzene rings is 1. The molecule has 5 heteroatoms. The highest BCUT2D eigenvalue weighted by Gasteiger charge is 2.19. The summed E-state index contributed by atoms with van der Waals surface area (Å²) >= 11 is 1.65. The lowest BCUT2D eigenvalue weighted by Crippen LogP contribution is -2.39. The topological polar surface area (TPSA) is 60.9 Å². The van der Waals surface area contributed by atoms with Gasteiger partial charge in [-0.1, -0.05) is 23.8 Å². The van der Waals surface area contributed by atoms with Gasteiger partial charge in [0.1, 0.15) is 0 Å². The number of aromatic nitrogens is 2. The van der Waals surface area contributed by atoms with Gasteiger partial charge in [-0.3, -0.25) is 5.10 Å². The lowest BCUT2D eigenvalue weighted by atomic mass is 10.1. The van der Waals surface area contributed by atoms with E-state index in [2.05, 4.69) is 40.6 Å². The van der Waals surface area contributed by atoms with E-state index in [1.54, 1.807) is 11.8 Å². The van der Waals surface area contributed by atoms with Crippen LogP contribution in [0.3, 0.4) is 0 Å². The van der Waals surface area contributed by atoms with E-state index in [-0.39, 0.29) is 0 Å². The number of nitrogens with one attached hydrogen (secondary N) is 2. The van der Waals surface area contributed by atoms with Gasteiger partial charge in [0.25, 0.3) is 0 Å². The van der Waals surface area contributed by atoms with Crippen LogP contribution in [0.5, 0.6) is 0 Å². The molecule has 114 valence electrons. The first-order valence-corrected chi connectivity index (χ1v) is 8.42. The number of thioether (sulfide) groups is 1. The van der Waals surface area contributed by atoms with Crippen molar-refractivity contribution in [1.29, 1.82) is 0 Å². The van der Waals surface area contributed by atoms with Gasteiger partial charge in [0.2, 0.25) is 0 Å². The highest BCUT2D eigenvalue weighted by Crippen LogP contribution is 2.22. The zero-order valence-electron chi connectivity index (χ0n) is 12.8. The van der Waals surface area contributed by atoms with Crippen molar-refractivity contribution in [2.45, 2.75) is 26.0 Å². The Kier molecular flexibility index (Phi) is 5.45. The summed E-state index contributed by atoms with van der Waals surface area (Å²) in [5.74, 6) is 0.718. The Balaban J connectivity index is 2.01. The average molecular weight is 305 g/mol. The normalized spacial score (nSPS) is 14.1. The highest BCUT2D eigenvalue weighted by atomic mass is 32.2. The number of rotatable bonds is 7. The summed E-state index contributed by atoms with van der Waals surface area (Å²) in [6.07, 6.45) is 3.84. The molecule has 2 rings (SSSR count). The summed E-state index contributed by atoms with van der Waals surface area (Å²) in [4.78, 5) is 0. The van der Waals surface area contributed by atoms with Gasteiger partial charge in [-0.05, 0) is 26.2 Å². The molecule has 0 saturated carbocycles. The fourth-order valence-electron chi connectivity index (χ4n) is 2.32. The second-order valence-corrected chi connectivity index (χ2v) is 6.54. The molecule has 1 unspecified atom stereocenters. The lowest BCUT2D eigenvalue weighted by molar-refractivity contribution is 0.0846. The van der Waals surface area contributed by atoms with Gasteiger partial charge in [0.05, 0.1) is 17.5 Å². The van der Waals surface area contributed by atoms with Crippen molar-refractivity contribution >= 4 is 11.8 Å². The monoisotopic (exact) mass is 305 g/mol. The molecule has 0 saturated heterocycles. The zero-order valence-corrected chi connectivity index (χ0v) is 13.6. The van der Waals surface area contributed by atoms with Gasteiger partial charge >= 0.3 is 0 Å². The van der Waals surface area contributed by atoms with E-state index in [9.17, 15) is 5.11 Å². The van der Waals surface area contributed by atoms with Crippen LogP contribution in [-0.4, -0.2) is 39.5 Å². The number of nitrogens with zero attached hydrogens (tertiary/aromatic N) is 1. The average Bonchev–Trinajstić information content (AvgIpc) is 2.87. The molecular formula is C16H23N3OS. The van der Waals surface area contributed by atoms with Crippen molar-refractivity contribution in [2.24, 2.45) is 0 Å². The SMILES string of the molecule is CSCC(C)(O)CNCc1cn[nH]c1-c1cccc(C)c1. The fraction of sp³-hybridized carbons (Fsp3) is 0.438. The number of aliphatic hydroxyl groups is 1. The minimum atomic E-state index is -0.688. The summed E-state index contributed by atoms with van der Waals surface area (Å²) in [7, 11) is 0. The molecule has 0 radical (unpaired) electrons. The molecule has 0 amide bonds. The van der Waals surface area contributed by atoms with Crippen molar-refractivity contribution in [2.75, 3.05) is 18.6 Å². The molecule has 3 N–H and O–H groups in total. The van der Waals surface area contributed by atoms with E-state index in [4.69, 9.17) is 0 Å². The quantitative estimate of drug-likeness (QED) is 0.736. The maximum atomic E-state index is 10.2. The van der Waals surface area contributed by atoms with E-state index in [0.29, 0.717) is 13.1 Å². The van der Waals surface area contributed by atoms with Crippen LogP contribution in [0, 0.1) is 6.92 Å². The Morgan fingerprint density at radius 3 is 2.95 bits per heavy atom. The van der Waals surface area contributed by atoms with Crippen LogP contribution in [0.4, 0.5) is 0 Å². The van der Waals surface area contributed by atoms with Crippen LogP contribution in [0.15, 0.2) is 30.5 Å². The number of hydrogen-bond donors (Lipinski definition) is 3. The summed E-state index contributed by atoms with van der Waals surface area (Å²) in [5.41, 5.74) is 3.83. The van der Waals surface area contributed by atoms with Crippen LogP contribution in [0.1, 0.15) is 18.1 Å². The van der Waals surface area contributed by atoms with Crippen LogP contribution in [-0.2, 0) is 6.54 Å². The highest BCUT2D eigenvalue weighted by molar-refractivity contribution is 7.98. The molecule has 1 heterocycles. The molecular weight excluding hydrogens is 282 g/mol. The van der Waals surface area contributed by atoms with Crippen molar-refractivity contribution in [1.82, 2.24) is 15.5 Å². The molecule has 0 spiro atoms. The van der Waals surface area contributed by atoms with Crippen LogP contribution < -0.4 is 5.32 Å². The zero-order chi connectivity index (χ0) is 15.3. The standard InChI is InChI=1S/C16H23N3OS/c1-12-5-4-6-13(7-12)15-14(9-18-19-15)8-17-10-16(2,20)11-21-3/h4-7,9,17,20H,8,10-11H2,1-3H3,(H,18,19). The molecule has 21 heavy (non-hydrogen) atoms. The molecule has 0 fully saturated rings. The predicted molar refractivity (Wildman–Crippen MR) is 89.5 cm³/mol. The molecule has 2 aromatic rings. The first-order valence-electron chi connectivity index (χ1n) is 7.03. The predicted octanol–water partition coefficient (Wildman–Crippen LogP) is 2.59. The second kappa shape index (κ2) is 7.11. The second-order valence-electron chi connectivity index (χ2n) is 5.67. The Morgan fingerprint density at radius 1 is 1.43 bits per heavy atom. The number of H-pyrrole nitrogens is 1. The minimum absolute atomic E-state index is 0.562. The molecule has 4 nitrogen and oxygen atoms in total. The molecule has 1 aromatic heterocycles. The summed E-state index contributed by atoms with van der Waals surface area (Å²) in [5, 5.41) is 20.7. The van der Waals surface area contributed by atoms with Gasteiger partial charge in [-0.25, -0.2) is 0 Å². The third-order valence-electron chi connectivity index (χ3n) is 3.30. The van der Waals surface area contributed by atoms with Crippen molar-refractivity contribution < 1.29 is 5.11 Å². The molecule has 0 bridgehead atoms. The smallest absolute Gasteiger partial charge is 0.0833 e. The molecule has 0 aliphatic carbocycles. The first-order chi connectivity index (χ1) is 10.0. The van der Waals surface area contributed by atoms with E-state index < -0.39 is 5.60 Å². The van der Waals surface area contributed by atoms with E-state index in [1.165, 1.54) is 5.56 Å². The largest absolute Gasteiger partial charge is 0.388 e. The fourth-order valence-corrected chi connectivity index (χ4v) is 3.05.